The van der Waals surface area contributed by atoms with E-state index in [4.69, 9.17) is 5.73 Å². The van der Waals surface area contributed by atoms with Crippen molar-refractivity contribution in [1.29, 1.82) is 0 Å². The first-order valence-corrected chi connectivity index (χ1v) is 3.85. The Bertz CT molecular complexity index is 152. The molecule has 0 aromatic heterocycles. The minimum Gasteiger partial charge on any atom is -0.370 e. The van der Waals surface area contributed by atoms with Gasteiger partial charge in [0.15, 0.2) is 0 Å². The lowest BCUT2D eigenvalue weighted by molar-refractivity contribution is -0.122. The SMILES string of the molecule is CC(C)C(=O)CCCC(N)=O. The first kappa shape index (κ1) is 10.1. The van der Waals surface area contributed by atoms with E-state index >= 15 is 0 Å². The fraction of sp³-hybridized carbons (Fsp3) is 0.750. The van der Waals surface area contributed by atoms with Crippen LogP contribution in [0.2, 0.25) is 0 Å². The van der Waals surface area contributed by atoms with Gasteiger partial charge in [-0.2, -0.15) is 0 Å². The fourth-order valence-corrected chi connectivity index (χ4v) is 0.726. The second-order valence-corrected chi connectivity index (χ2v) is 2.94. The minimum atomic E-state index is -0.332. The molecule has 0 rings (SSSR count). The summed E-state index contributed by atoms with van der Waals surface area (Å²) in [5, 5.41) is 0. The highest BCUT2D eigenvalue weighted by molar-refractivity contribution is 5.81. The van der Waals surface area contributed by atoms with Crippen molar-refractivity contribution in [3.05, 3.63) is 0 Å². The lowest BCUT2D eigenvalue weighted by atomic mass is 10.0. The molecule has 0 saturated carbocycles. The van der Waals surface area contributed by atoms with Crippen LogP contribution in [0.4, 0.5) is 0 Å². The Hall–Kier alpha value is -0.860. The van der Waals surface area contributed by atoms with Gasteiger partial charge in [0.05, 0.1) is 0 Å². The van der Waals surface area contributed by atoms with Gasteiger partial charge in [0, 0.05) is 18.8 Å². The van der Waals surface area contributed by atoms with Crippen molar-refractivity contribution in [2.24, 2.45) is 11.7 Å². The zero-order chi connectivity index (χ0) is 8.85. The molecule has 0 saturated heterocycles. The summed E-state index contributed by atoms with van der Waals surface area (Å²) in [6.07, 6.45) is 1.38. The Kier molecular flexibility index (Phi) is 4.50. The van der Waals surface area contributed by atoms with E-state index in [1.165, 1.54) is 0 Å². The zero-order valence-electron chi connectivity index (χ0n) is 7.09. The van der Waals surface area contributed by atoms with Gasteiger partial charge in [0.1, 0.15) is 5.78 Å². The number of carbonyl (C=O) groups is 2. The van der Waals surface area contributed by atoms with Gasteiger partial charge in [-0.05, 0) is 6.42 Å². The molecule has 1 amide bonds. The summed E-state index contributed by atoms with van der Waals surface area (Å²) in [6, 6.07) is 0. The van der Waals surface area contributed by atoms with Gasteiger partial charge in [-0.3, -0.25) is 9.59 Å². The van der Waals surface area contributed by atoms with Gasteiger partial charge in [0.25, 0.3) is 0 Å². The van der Waals surface area contributed by atoms with E-state index in [0.29, 0.717) is 19.3 Å². The van der Waals surface area contributed by atoms with Gasteiger partial charge in [-0.25, -0.2) is 0 Å². The number of amides is 1. The molecule has 0 fully saturated rings. The van der Waals surface area contributed by atoms with Crippen molar-refractivity contribution in [2.75, 3.05) is 0 Å². The van der Waals surface area contributed by atoms with E-state index in [0.717, 1.165) is 0 Å². The second-order valence-electron chi connectivity index (χ2n) is 2.94. The Labute approximate surface area is 67.0 Å². The normalized spacial score (nSPS) is 10.1. The molecule has 64 valence electrons. The molecule has 0 unspecified atom stereocenters. The third kappa shape index (κ3) is 5.58. The predicted octanol–water partition coefficient (Wildman–Crippen LogP) is 0.867. The Morgan fingerprint density at radius 3 is 2.18 bits per heavy atom. The van der Waals surface area contributed by atoms with Crippen LogP contribution in [0.15, 0.2) is 0 Å². The first-order chi connectivity index (χ1) is 5.04. The molecule has 0 aliphatic rings. The molecular weight excluding hydrogens is 142 g/mol. The van der Waals surface area contributed by atoms with E-state index < -0.39 is 0 Å². The first-order valence-electron chi connectivity index (χ1n) is 3.85. The third-order valence-corrected chi connectivity index (χ3v) is 1.49. The third-order valence-electron chi connectivity index (χ3n) is 1.49. The number of ketones is 1. The summed E-state index contributed by atoms with van der Waals surface area (Å²) in [7, 11) is 0. The molecular formula is C8H15NO2. The number of hydrogen-bond acceptors (Lipinski definition) is 2. The summed E-state index contributed by atoms with van der Waals surface area (Å²) < 4.78 is 0. The summed E-state index contributed by atoms with van der Waals surface area (Å²) in [6.45, 7) is 3.71. The second kappa shape index (κ2) is 4.88. The number of primary amides is 1. The van der Waals surface area contributed by atoms with Crippen LogP contribution >= 0.6 is 0 Å². The lowest BCUT2D eigenvalue weighted by Crippen LogP contribution is -2.12. The van der Waals surface area contributed by atoms with Crippen LogP contribution in [-0.4, -0.2) is 11.7 Å². The van der Waals surface area contributed by atoms with Gasteiger partial charge in [-0.15, -0.1) is 0 Å². The summed E-state index contributed by atoms with van der Waals surface area (Å²) in [5.41, 5.74) is 4.90. The summed E-state index contributed by atoms with van der Waals surface area (Å²) in [4.78, 5) is 21.2. The molecule has 0 bridgehead atoms. The van der Waals surface area contributed by atoms with Crippen molar-refractivity contribution in [1.82, 2.24) is 0 Å². The highest BCUT2D eigenvalue weighted by Crippen LogP contribution is 2.03. The minimum absolute atomic E-state index is 0.0721. The smallest absolute Gasteiger partial charge is 0.217 e. The molecule has 3 nitrogen and oxygen atoms in total. The maximum Gasteiger partial charge on any atom is 0.217 e. The van der Waals surface area contributed by atoms with Crippen LogP contribution in [0.3, 0.4) is 0 Å². The largest absolute Gasteiger partial charge is 0.370 e. The highest BCUT2D eigenvalue weighted by Gasteiger charge is 2.06. The fourth-order valence-electron chi connectivity index (χ4n) is 0.726. The highest BCUT2D eigenvalue weighted by atomic mass is 16.1. The summed E-state index contributed by atoms with van der Waals surface area (Å²) in [5.74, 6) is -0.0596. The van der Waals surface area contributed by atoms with Crippen molar-refractivity contribution in [2.45, 2.75) is 33.1 Å². The predicted molar refractivity (Wildman–Crippen MR) is 42.9 cm³/mol. The van der Waals surface area contributed by atoms with Crippen molar-refractivity contribution >= 4 is 11.7 Å². The van der Waals surface area contributed by atoms with Crippen LogP contribution in [-0.2, 0) is 9.59 Å². The van der Waals surface area contributed by atoms with E-state index in [-0.39, 0.29) is 17.6 Å². The molecule has 0 aliphatic carbocycles. The van der Waals surface area contributed by atoms with Crippen LogP contribution in [0.5, 0.6) is 0 Å². The maximum atomic E-state index is 11.0. The number of nitrogens with two attached hydrogens (primary N) is 1. The van der Waals surface area contributed by atoms with Crippen LogP contribution in [0.1, 0.15) is 33.1 Å². The monoisotopic (exact) mass is 157 g/mol. The Balaban J connectivity index is 3.39. The lowest BCUT2D eigenvalue weighted by Gasteiger charge is -2.01. The van der Waals surface area contributed by atoms with E-state index in [2.05, 4.69) is 0 Å². The van der Waals surface area contributed by atoms with Gasteiger partial charge in [0.2, 0.25) is 5.91 Å². The van der Waals surface area contributed by atoms with Gasteiger partial charge >= 0.3 is 0 Å². The van der Waals surface area contributed by atoms with Crippen LogP contribution in [0.25, 0.3) is 0 Å². The average molecular weight is 157 g/mol. The van der Waals surface area contributed by atoms with E-state index in [9.17, 15) is 9.59 Å². The molecule has 0 heterocycles. The molecule has 11 heavy (non-hydrogen) atoms. The van der Waals surface area contributed by atoms with Gasteiger partial charge in [-0.1, -0.05) is 13.8 Å². The van der Waals surface area contributed by atoms with E-state index in [1.54, 1.807) is 0 Å². The molecule has 0 aromatic carbocycles. The molecule has 2 N–H and O–H groups in total. The molecule has 0 atom stereocenters. The Morgan fingerprint density at radius 2 is 1.82 bits per heavy atom. The number of rotatable bonds is 5. The van der Waals surface area contributed by atoms with Crippen molar-refractivity contribution in [3.8, 4) is 0 Å². The number of carbonyl (C=O) groups excluding carboxylic acids is 2. The van der Waals surface area contributed by atoms with Crippen molar-refractivity contribution < 1.29 is 9.59 Å². The van der Waals surface area contributed by atoms with Crippen LogP contribution in [0, 0.1) is 5.92 Å². The molecule has 0 aliphatic heterocycles. The molecule has 0 spiro atoms. The molecule has 3 heteroatoms. The summed E-state index contributed by atoms with van der Waals surface area (Å²) >= 11 is 0. The maximum absolute atomic E-state index is 11.0. The topological polar surface area (TPSA) is 60.2 Å². The quantitative estimate of drug-likeness (QED) is 0.643. The Morgan fingerprint density at radius 1 is 1.27 bits per heavy atom. The van der Waals surface area contributed by atoms with Crippen LogP contribution < -0.4 is 5.73 Å². The number of Topliss-reactive ketones (excluding diaryl/α,β-unsaturated/α-hetero) is 1. The average Bonchev–Trinajstić information content (AvgIpc) is 1.86. The number of hydrogen-bond donors (Lipinski definition) is 1. The zero-order valence-corrected chi connectivity index (χ0v) is 7.09. The van der Waals surface area contributed by atoms with E-state index in [1.807, 2.05) is 13.8 Å². The van der Waals surface area contributed by atoms with Crippen molar-refractivity contribution in [3.63, 3.8) is 0 Å². The molecule has 0 aromatic rings. The van der Waals surface area contributed by atoms with Gasteiger partial charge < -0.3 is 5.73 Å². The molecule has 0 radical (unpaired) electrons. The standard InChI is InChI=1S/C8H15NO2/c1-6(2)7(10)4-3-5-8(9)11/h6H,3-5H2,1-2H3,(H2,9,11).